The van der Waals surface area contributed by atoms with E-state index in [0.717, 1.165) is 40.3 Å². The van der Waals surface area contributed by atoms with Gasteiger partial charge in [0.2, 0.25) is 0 Å². The van der Waals surface area contributed by atoms with Gasteiger partial charge in [-0.1, -0.05) is 12.1 Å². The zero-order chi connectivity index (χ0) is 24.8. The number of allylic oxidation sites excluding steroid dienone is 2. The first kappa shape index (κ1) is 24.1. The van der Waals surface area contributed by atoms with Gasteiger partial charge in [0.15, 0.2) is 0 Å². The van der Waals surface area contributed by atoms with Crippen LogP contribution in [0.5, 0.6) is 0 Å². The molecule has 0 bridgehead atoms. The van der Waals surface area contributed by atoms with E-state index in [4.69, 9.17) is 14.2 Å². The fourth-order valence-electron chi connectivity index (χ4n) is 5.57. The number of anilines is 1. The number of benzene rings is 1. The molecular formula is C28H36N2O4. The lowest BCUT2D eigenvalue weighted by molar-refractivity contribution is -0.138. The van der Waals surface area contributed by atoms with Gasteiger partial charge in [0.1, 0.15) is 11.9 Å². The molecule has 6 nitrogen and oxygen atoms in total. The molecule has 1 aliphatic carbocycles. The third-order valence-corrected chi connectivity index (χ3v) is 6.99. The van der Waals surface area contributed by atoms with E-state index in [2.05, 4.69) is 54.8 Å². The molecule has 34 heavy (non-hydrogen) atoms. The van der Waals surface area contributed by atoms with Crippen molar-refractivity contribution in [3.05, 3.63) is 70.2 Å². The van der Waals surface area contributed by atoms with Gasteiger partial charge in [-0.2, -0.15) is 0 Å². The van der Waals surface area contributed by atoms with Crippen molar-refractivity contribution in [3.63, 3.8) is 0 Å². The van der Waals surface area contributed by atoms with Crippen molar-refractivity contribution in [2.45, 2.75) is 51.8 Å². The Morgan fingerprint density at radius 3 is 2.59 bits per heavy atom. The minimum absolute atomic E-state index is 0.00425. The smallest absolute Gasteiger partial charge is 0.340 e. The number of carbonyl (C=O) groups is 1. The molecule has 0 saturated heterocycles. The van der Waals surface area contributed by atoms with Gasteiger partial charge in [-0.25, -0.2) is 4.79 Å². The molecule has 3 aliphatic rings. The van der Waals surface area contributed by atoms with E-state index >= 15 is 0 Å². The van der Waals surface area contributed by atoms with E-state index in [1.165, 1.54) is 5.57 Å². The van der Waals surface area contributed by atoms with E-state index in [9.17, 15) is 4.79 Å². The Labute approximate surface area is 203 Å². The number of hydrogen-bond acceptors (Lipinski definition) is 6. The summed E-state index contributed by atoms with van der Waals surface area (Å²) in [6, 6.07) is 8.36. The molecule has 0 amide bonds. The number of esters is 1. The molecule has 2 unspecified atom stereocenters. The van der Waals surface area contributed by atoms with E-state index in [-0.39, 0.29) is 23.7 Å². The van der Waals surface area contributed by atoms with E-state index in [0.29, 0.717) is 12.2 Å². The Bertz CT molecular complexity index is 1120. The van der Waals surface area contributed by atoms with Crippen molar-refractivity contribution in [2.24, 2.45) is 0 Å². The summed E-state index contributed by atoms with van der Waals surface area (Å²) in [4.78, 5) is 18.0. The molecule has 2 atom stereocenters. The van der Waals surface area contributed by atoms with Gasteiger partial charge in [0.05, 0.1) is 31.0 Å². The van der Waals surface area contributed by atoms with Crippen LogP contribution in [0.25, 0.3) is 5.57 Å². The molecule has 2 heterocycles. The minimum atomic E-state index is -0.289. The van der Waals surface area contributed by atoms with E-state index in [1.807, 2.05) is 33.2 Å². The van der Waals surface area contributed by atoms with Crippen LogP contribution in [-0.2, 0) is 19.0 Å². The summed E-state index contributed by atoms with van der Waals surface area (Å²) >= 11 is 0. The van der Waals surface area contributed by atoms with Crippen LogP contribution < -0.4 is 4.90 Å². The van der Waals surface area contributed by atoms with E-state index in [1.54, 1.807) is 14.2 Å². The second kappa shape index (κ2) is 8.99. The normalized spacial score (nSPS) is 23.2. The maximum atomic E-state index is 13.6. The molecular weight excluding hydrogens is 428 g/mol. The number of carbonyl (C=O) groups excluding carboxylic acids is 1. The summed E-state index contributed by atoms with van der Waals surface area (Å²) in [6.45, 7) is 8.83. The highest BCUT2D eigenvalue weighted by Crippen LogP contribution is 2.52. The zero-order valence-corrected chi connectivity index (χ0v) is 21.6. The second-order valence-electron chi connectivity index (χ2n) is 9.85. The van der Waals surface area contributed by atoms with Crippen LogP contribution in [0.4, 0.5) is 5.69 Å². The monoisotopic (exact) mass is 464 g/mol. The third kappa shape index (κ3) is 3.84. The number of hydrogen-bond donors (Lipinski definition) is 0. The highest BCUT2D eigenvalue weighted by Gasteiger charge is 2.49. The molecule has 1 aromatic carbocycles. The lowest BCUT2D eigenvalue weighted by Crippen LogP contribution is -2.49. The number of methoxy groups -OCH3 is 2. The molecule has 6 heteroatoms. The third-order valence-electron chi connectivity index (χ3n) is 6.99. The van der Waals surface area contributed by atoms with Gasteiger partial charge in [0, 0.05) is 38.0 Å². The van der Waals surface area contributed by atoms with Crippen LogP contribution in [0, 0.1) is 0 Å². The molecule has 0 fully saturated rings. The number of ether oxygens (including phenoxy) is 3. The Morgan fingerprint density at radius 1 is 1.24 bits per heavy atom. The number of rotatable bonds is 6. The summed E-state index contributed by atoms with van der Waals surface area (Å²) in [7, 11) is 7.39. The fourth-order valence-corrected chi connectivity index (χ4v) is 5.57. The van der Waals surface area contributed by atoms with E-state index < -0.39 is 0 Å². The van der Waals surface area contributed by atoms with Crippen molar-refractivity contribution in [2.75, 3.05) is 39.8 Å². The summed E-state index contributed by atoms with van der Waals surface area (Å²) in [5.74, 6) is 0.440. The molecule has 0 radical (unpaired) electrons. The highest BCUT2D eigenvalue weighted by atomic mass is 16.5. The second-order valence-corrected chi connectivity index (χ2v) is 9.85. The van der Waals surface area contributed by atoms with Crippen molar-refractivity contribution < 1.29 is 19.0 Å². The van der Waals surface area contributed by atoms with Gasteiger partial charge >= 0.3 is 5.97 Å². The quantitative estimate of drug-likeness (QED) is 0.569. The Hall–Kier alpha value is -2.99. The molecule has 0 N–H and O–H groups in total. The standard InChI is InChI=1S/C28H36N2O4/c1-9-34-27(31)25-24(18-11-10-12-20(13-18)29(5)6)17(2)30-26(25)21-15-23(33-8)22(32-7)14-19(21)16-28(30,3)4/h10-15,17,22H,9,16H2,1-8H3. The molecule has 0 aromatic heterocycles. The van der Waals surface area contributed by atoms with Crippen molar-refractivity contribution in [3.8, 4) is 0 Å². The first-order chi connectivity index (χ1) is 16.1. The van der Waals surface area contributed by atoms with Crippen LogP contribution in [0.1, 0.15) is 39.7 Å². The fraction of sp³-hybridized carbons (Fsp3) is 0.464. The zero-order valence-electron chi connectivity index (χ0n) is 21.6. The Kier molecular flexibility index (Phi) is 6.38. The highest BCUT2D eigenvalue weighted by molar-refractivity contribution is 6.06. The first-order valence-electron chi connectivity index (χ1n) is 11.9. The maximum absolute atomic E-state index is 13.6. The van der Waals surface area contributed by atoms with Crippen LogP contribution in [0.3, 0.4) is 0 Å². The average molecular weight is 465 g/mol. The molecule has 0 saturated carbocycles. The van der Waals surface area contributed by atoms with Crippen LogP contribution >= 0.6 is 0 Å². The topological polar surface area (TPSA) is 51.2 Å². The summed E-state index contributed by atoms with van der Waals surface area (Å²) in [5, 5.41) is 0. The molecule has 1 aromatic rings. The van der Waals surface area contributed by atoms with Crippen LogP contribution in [0.15, 0.2) is 64.6 Å². The van der Waals surface area contributed by atoms with Gasteiger partial charge in [-0.05, 0) is 75.1 Å². The average Bonchev–Trinajstić information content (AvgIpc) is 3.12. The predicted molar refractivity (Wildman–Crippen MR) is 135 cm³/mol. The van der Waals surface area contributed by atoms with Gasteiger partial charge in [-0.3, -0.25) is 0 Å². The molecule has 2 aliphatic heterocycles. The lowest BCUT2D eigenvalue weighted by atomic mass is 9.79. The SMILES string of the molecule is CCOC(=O)C1=C(c2cccc(N(C)C)c2)C(C)N2C1=C1C=C(OC)C(OC)C=C1CC2(C)C. The van der Waals surface area contributed by atoms with Crippen molar-refractivity contribution in [1.82, 2.24) is 4.90 Å². The number of fused-ring (bicyclic) bond motifs is 2. The molecule has 0 spiro atoms. The Morgan fingerprint density at radius 2 is 1.97 bits per heavy atom. The van der Waals surface area contributed by atoms with Crippen LogP contribution in [-0.4, -0.2) is 63.5 Å². The summed E-state index contributed by atoms with van der Waals surface area (Å²) < 4.78 is 17.0. The van der Waals surface area contributed by atoms with Gasteiger partial charge in [-0.15, -0.1) is 0 Å². The maximum Gasteiger partial charge on any atom is 0.340 e. The Balaban J connectivity index is 2.04. The summed E-state index contributed by atoms with van der Waals surface area (Å²) in [6.07, 6.45) is 4.76. The van der Waals surface area contributed by atoms with Gasteiger partial charge in [0.25, 0.3) is 0 Å². The van der Waals surface area contributed by atoms with Crippen molar-refractivity contribution >= 4 is 17.2 Å². The first-order valence-corrected chi connectivity index (χ1v) is 11.9. The van der Waals surface area contributed by atoms with Gasteiger partial charge < -0.3 is 24.0 Å². The number of nitrogens with zero attached hydrogens (tertiary/aromatic N) is 2. The lowest BCUT2D eigenvalue weighted by Gasteiger charge is -2.48. The van der Waals surface area contributed by atoms with Crippen molar-refractivity contribution in [1.29, 1.82) is 0 Å². The molecule has 4 rings (SSSR count). The predicted octanol–water partition coefficient (Wildman–Crippen LogP) is 4.70. The molecule has 182 valence electrons. The summed E-state index contributed by atoms with van der Waals surface area (Å²) in [5.41, 5.74) is 6.65. The minimum Gasteiger partial charge on any atom is -0.498 e. The van der Waals surface area contributed by atoms with Crippen LogP contribution in [0.2, 0.25) is 0 Å². The largest absolute Gasteiger partial charge is 0.498 e.